The molecule has 2 rings (SSSR count). The number of aromatic nitrogens is 1. The fraction of sp³-hybridized carbons (Fsp3) is 0.538. The van der Waals surface area contributed by atoms with Crippen LogP contribution in [0.1, 0.15) is 28.9 Å². The number of rotatable bonds is 3. The summed E-state index contributed by atoms with van der Waals surface area (Å²) in [5, 5.41) is 2.96. The average molecular weight is 265 g/mol. The van der Waals surface area contributed by atoms with Crippen LogP contribution in [0.4, 0.5) is 5.69 Å². The molecule has 0 radical (unpaired) electrons. The Morgan fingerprint density at radius 1 is 1.56 bits per heavy atom. The molecule has 1 amide bonds. The highest BCUT2D eigenvalue weighted by atomic mass is 32.2. The van der Waals surface area contributed by atoms with Gasteiger partial charge in [-0.3, -0.25) is 9.78 Å². The maximum atomic E-state index is 12.0. The SMILES string of the molecule is Cc1cc(N)c(C(=O)NCC2CCSCC2)cn1. The van der Waals surface area contributed by atoms with E-state index in [4.69, 9.17) is 5.73 Å². The summed E-state index contributed by atoms with van der Waals surface area (Å²) in [4.78, 5) is 16.1. The number of nitrogens with zero attached hydrogens (tertiary/aromatic N) is 1. The molecule has 98 valence electrons. The minimum absolute atomic E-state index is 0.113. The molecule has 2 heterocycles. The highest BCUT2D eigenvalue weighted by Crippen LogP contribution is 2.22. The molecule has 1 aliphatic heterocycles. The number of pyridine rings is 1. The van der Waals surface area contributed by atoms with Crippen LogP contribution >= 0.6 is 11.8 Å². The highest BCUT2D eigenvalue weighted by molar-refractivity contribution is 7.99. The fourth-order valence-electron chi connectivity index (χ4n) is 2.05. The number of nitrogens with one attached hydrogen (secondary N) is 1. The number of anilines is 1. The van der Waals surface area contributed by atoms with Gasteiger partial charge in [-0.2, -0.15) is 11.8 Å². The molecule has 0 atom stereocenters. The molecule has 1 fully saturated rings. The Labute approximate surface area is 112 Å². The van der Waals surface area contributed by atoms with E-state index in [0.717, 1.165) is 12.2 Å². The lowest BCUT2D eigenvalue weighted by Crippen LogP contribution is -2.31. The van der Waals surface area contributed by atoms with Crippen molar-refractivity contribution in [3.8, 4) is 0 Å². The summed E-state index contributed by atoms with van der Waals surface area (Å²) in [6.45, 7) is 2.60. The largest absolute Gasteiger partial charge is 0.398 e. The Hall–Kier alpha value is -1.23. The molecule has 0 saturated carbocycles. The second-order valence-corrected chi connectivity index (χ2v) is 5.90. The maximum absolute atomic E-state index is 12.0. The molecule has 4 nitrogen and oxygen atoms in total. The van der Waals surface area contributed by atoms with Crippen LogP contribution in [-0.2, 0) is 0 Å². The highest BCUT2D eigenvalue weighted by Gasteiger charge is 2.16. The number of aryl methyl sites for hydroxylation is 1. The van der Waals surface area contributed by atoms with Crippen LogP contribution in [0.2, 0.25) is 0 Å². The van der Waals surface area contributed by atoms with Crippen LogP contribution in [0.3, 0.4) is 0 Å². The lowest BCUT2D eigenvalue weighted by molar-refractivity contribution is 0.0947. The number of carbonyl (C=O) groups is 1. The van der Waals surface area contributed by atoms with Crippen molar-refractivity contribution in [3.05, 3.63) is 23.5 Å². The molecule has 0 unspecified atom stereocenters. The second-order valence-electron chi connectivity index (χ2n) is 4.68. The third-order valence-electron chi connectivity index (χ3n) is 3.21. The van der Waals surface area contributed by atoms with Crippen molar-refractivity contribution in [1.82, 2.24) is 10.3 Å². The number of nitrogens with two attached hydrogens (primary N) is 1. The molecule has 1 saturated heterocycles. The number of carbonyl (C=O) groups excluding carboxylic acids is 1. The van der Waals surface area contributed by atoms with E-state index < -0.39 is 0 Å². The fourth-order valence-corrected chi connectivity index (χ4v) is 3.26. The molecule has 3 N–H and O–H groups in total. The van der Waals surface area contributed by atoms with Crippen molar-refractivity contribution in [3.63, 3.8) is 0 Å². The van der Waals surface area contributed by atoms with Crippen LogP contribution in [0, 0.1) is 12.8 Å². The minimum Gasteiger partial charge on any atom is -0.398 e. The predicted octanol–water partition coefficient (Wildman–Crippen LogP) is 1.85. The van der Waals surface area contributed by atoms with Crippen molar-refractivity contribution >= 4 is 23.4 Å². The minimum atomic E-state index is -0.113. The first kappa shape index (κ1) is 13.2. The van der Waals surface area contributed by atoms with Crippen molar-refractivity contribution in [2.24, 2.45) is 5.92 Å². The lowest BCUT2D eigenvalue weighted by Gasteiger charge is -2.21. The summed E-state index contributed by atoms with van der Waals surface area (Å²) in [6.07, 6.45) is 3.93. The Kier molecular flexibility index (Phi) is 4.47. The van der Waals surface area contributed by atoms with Gasteiger partial charge in [0.15, 0.2) is 0 Å². The lowest BCUT2D eigenvalue weighted by atomic mass is 10.0. The van der Waals surface area contributed by atoms with E-state index in [0.29, 0.717) is 17.2 Å². The van der Waals surface area contributed by atoms with Gasteiger partial charge in [-0.25, -0.2) is 0 Å². The number of hydrogen-bond acceptors (Lipinski definition) is 4. The Morgan fingerprint density at radius 3 is 2.94 bits per heavy atom. The van der Waals surface area contributed by atoms with Gasteiger partial charge in [0.25, 0.3) is 5.91 Å². The quantitative estimate of drug-likeness (QED) is 0.875. The Bertz CT molecular complexity index is 430. The van der Waals surface area contributed by atoms with E-state index in [-0.39, 0.29) is 5.91 Å². The monoisotopic (exact) mass is 265 g/mol. The van der Waals surface area contributed by atoms with Crippen molar-refractivity contribution in [2.75, 3.05) is 23.8 Å². The van der Waals surface area contributed by atoms with Gasteiger partial charge in [0.05, 0.1) is 5.56 Å². The first-order chi connectivity index (χ1) is 8.66. The zero-order valence-electron chi connectivity index (χ0n) is 10.6. The molecule has 0 spiro atoms. The van der Waals surface area contributed by atoms with Crippen LogP contribution in [0.25, 0.3) is 0 Å². The first-order valence-electron chi connectivity index (χ1n) is 6.25. The van der Waals surface area contributed by atoms with Gasteiger partial charge in [-0.05, 0) is 43.3 Å². The molecule has 1 aliphatic rings. The van der Waals surface area contributed by atoms with Crippen LogP contribution in [0.5, 0.6) is 0 Å². The van der Waals surface area contributed by atoms with Gasteiger partial charge in [0, 0.05) is 24.1 Å². The first-order valence-corrected chi connectivity index (χ1v) is 7.40. The molecule has 1 aromatic heterocycles. The average Bonchev–Trinajstić information content (AvgIpc) is 2.37. The zero-order valence-corrected chi connectivity index (χ0v) is 11.4. The van der Waals surface area contributed by atoms with Crippen LogP contribution in [-0.4, -0.2) is 28.9 Å². The van der Waals surface area contributed by atoms with E-state index in [1.54, 1.807) is 12.3 Å². The number of nitrogen functional groups attached to an aromatic ring is 1. The van der Waals surface area contributed by atoms with E-state index in [1.807, 2.05) is 18.7 Å². The zero-order chi connectivity index (χ0) is 13.0. The molecule has 0 aromatic carbocycles. The van der Waals surface area contributed by atoms with Gasteiger partial charge in [-0.1, -0.05) is 0 Å². The van der Waals surface area contributed by atoms with Crippen LogP contribution in [0.15, 0.2) is 12.3 Å². The molecule has 1 aromatic rings. The summed E-state index contributed by atoms with van der Waals surface area (Å²) in [5.41, 5.74) is 7.63. The Balaban J connectivity index is 1.90. The molecular weight excluding hydrogens is 246 g/mol. The van der Waals surface area contributed by atoms with Crippen molar-refractivity contribution in [2.45, 2.75) is 19.8 Å². The smallest absolute Gasteiger partial charge is 0.254 e. The Morgan fingerprint density at radius 2 is 2.28 bits per heavy atom. The summed E-state index contributed by atoms with van der Waals surface area (Å²) >= 11 is 1.99. The normalized spacial score (nSPS) is 16.5. The summed E-state index contributed by atoms with van der Waals surface area (Å²) < 4.78 is 0. The van der Waals surface area contributed by atoms with Gasteiger partial charge >= 0.3 is 0 Å². The standard InChI is InChI=1S/C13H19N3OS/c1-9-6-12(14)11(8-15-9)13(17)16-7-10-2-4-18-5-3-10/h6,8,10H,2-5,7H2,1H3,(H2,14,15)(H,16,17). The van der Waals surface area contributed by atoms with E-state index in [2.05, 4.69) is 10.3 Å². The predicted molar refractivity (Wildman–Crippen MR) is 75.8 cm³/mol. The van der Waals surface area contributed by atoms with E-state index in [1.165, 1.54) is 24.3 Å². The molecule has 18 heavy (non-hydrogen) atoms. The number of thioether (sulfide) groups is 1. The molecule has 0 aliphatic carbocycles. The topological polar surface area (TPSA) is 68.0 Å². The summed E-state index contributed by atoms with van der Waals surface area (Å²) in [6, 6.07) is 1.73. The second kappa shape index (κ2) is 6.09. The number of hydrogen-bond donors (Lipinski definition) is 2. The van der Waals surface area contributed by atoms with Gasteiger partial charge < -0.3 is 11.1 Å². The van der Waals surface area contributed by atoms with Gasteiger partial charge in [0.2, 0.25) is 0 Å². The molecular formula is C13H19N3OS. The molecule has 0 bridgehead atoms. The summed E-state index contributed by atoms with van der Waals surface area (Å²) in [5.74, 6) is 2.90. The molecule has 5 heteroatoms. The number of amides is 1. The van der Waals surface area contributed by atoms with E-state index in [9.17, 15) is 4.79 Å². The van der Waals surface area contributed by atoms with E-state index >= 15 is 0 Å². The van der Waals surface area contributed by atoms with Crippen LogP contribution < -0.4 is 11.1 Å². The van der Waals surface area contributed by atoms with Gasteiger partial charge in [-0.15, -0.1) is 0 Å². The summed E-state index contributed by atoms with van der Waals surface area (Å²) in [7, 11) is 0. The third kappa shape index (κ3) is 3.38. The maximum Gasteiger partial charge on any atom is 0.254 e. The van der Waals surface area contributed by atoms with Gasteiger partial charge in [0.1, 0.15) is 0 Å². The third-order valence-corrected chi connectivity index (χ3v) is 4.26. The van der Waals surface area contributed by atoms with Crippen molar-refractivity contribution in [1.29, 1.82) is 0 Å². The van der Waals surface area contributed by atoms with Crippen molar-refractivity contribution < 1.29 is 4.79 Å².